The van der Waals surface area contributed by atoms with Crippen molar-refractivity contribution in [1.82, 2.24) is 0 Å². The van der Waals surface area contributed by atoms with Gasteiger partial charge in [-0.1, -0.05) is 44.9 Å². The van der Waals surface area contributed by atoms with Gasteiger partial charge in [0.25, 0.3) is 0 Å². The molecule has 18 heavy (non-hydrogen) atoms. The van der Waals surface area contributed by atoms with Crippen molar-refractivity contribution in [2.75, 3.05) is 13.2 Å². The van der Waals surface area contributed by atoms with E-state index in [-0.39, 0.29) is 0 Å². The highest BCUT2D eigenvalue weighted by atomic mass is 16.5. The molecule has 0 aromatic carbocycles. The summed E-state index contributed by atoms with van der Waals surface area (Å²) in [5.74, 6) is 0.865. The summed E-state index contributed by atoms with van der Waals surface area (Å²) in [7, 11) is 0. The molecular weight excluding hydrogens is 220 g/mol. The summed E-state index contributed by atoms with van der Waals surface area (Å²) >= 11 is 0. The maximum Gasteiger partial charge on any atom is 0.0494 e. The maximum atomic E-state index is 5.27. The van der Waals surface area contributed by atoms with Crippen LogP contribution in [0.25, 0.3) is 0 Å². The van der Waals surface area contributed by atoms with Crippen LogP contribution >= 0.6 is 0 Å². The second kappa shape index (κ2) is 6.94. The molecule has 0 radical (unpaired) electrons. The summed E-state index contributed by atoms with van der Waals surface area (Å²) in [6, 6.07) is 6.72. The Bertz CT molecular complexity index is 443. The lowest BCUT2D eigenvalue weighted by atomic mass is 9.95. The molecule has 0 bridgehead atoms. The first-order valence-electron chi connectivity index (χ1n) is 7.56. The van der Waals surface area contributed by atoms with Crippen LogP contribution in [0.2, 0.25) is 0 Å². The molecule has 1 aliphatic heterocycles. The van der Waals surface area contributed by atoms with Gasteiger partial charge in [-0.2, -0.15) is 0 Å². The highest BCUT2D eigenvalue weighted by Crippen LogP contribution is 2.17. The smallest absolute Gasteiger partial charge is 0.0494 e. The fourth-order valence-electron chi connectivity index (χ4n) is 2.57. The van der Waals surface area contributed by atoms with Crippen molar-refractivity contribution in [1.29, 1.82) is 0 Å². The van der Waals surface area contributed by atoms with E-state index in [1.54, 1.807) is 5.56 Å². The van der Waals surface area contributed by atoms with Gasteiger partial charge in [0.05, 0.1) is 0 Å². The van der Waals surface area contributed by atoms with Gasteiger partial charge in [0.1, 0.15) is 0 Å². The van der Waals surface area contributed by atoms with Crippen LogP contribution in [0.15, 0.2) is 18.2 Å². The molecular formula is C17H26O. The fraction of sp³-hybridized carbons (Fsp3) is 0.647. The van der Waals surface area contributed by atoms with Gasteiger partial charge in [-0.25, -0.2) is 0 Å². The molecule has 0 amide bonds. The van der Waals surface area contributed by atoms with E-state index in [4.69, 9.17) is 4.74 Å². The van der Waals surface area contributed by atoms with E-state index >= 15 is 0 Å². The minimum absolute atomic E-state index is 0.865. The number of unbranched alkanes of at least 4 members (excludes halogenated alkanes) is 1. The SMILES string of the molecule is CCC1CCCOC1.CCCCc1cc2ccc1=2. The topological polar surface area (TPSA) is 9.23 Å². The summed E-state index contributed by atoms with van der Waals surface area (Å²) in [5, 5.41) is 3.01. The van der Waals surface area contributed by atoms with Gasteiger partial charge in [0.15, 0.2) is 0 Å². The zero-order valence-corrected chi connectivity index (χ0v) is 11.9. The molecule has 1 fully saturated rings. The fourth-order valence-corrected chi connectivity index (χ4v) is 2.57. The molecule has 1 heteroatoms. The van der Waals surface area contributed by atoms with Gasteiger partial charge in [-0.3, -0.25) is 0 Å². The third kappa shape index (κ3) is 3.35. The van der Waals surface area contributed by atoms with Crippen LogP contribution in [0.1, 0.15) is 51.5 Å². The zero-order chi connectivity index (χ0) is 12.8. The average Bonchev–Trinajstić information content (AvgIpc) is 2.42. The maximum absolute atomic E-state index is 5.27. The Morgan fingerprint density at radius 3 is 2.56 bits per heavy atom. The van der Waals surface area contributed by atoms with Crippen molar-refractivity contribution in [3.63, 3.8) is 0 Å². The highest BCUT2D eigenvalue weighted by Gasteiger charge is 2.10. The molecule has 3 rings (SSSR count). The lowest BCUT2D eigenvalue weighted by Gasteiger charge is -2.19. The van der Waals surface area contributed by atoms with Crippen molar-refractivity contribution >= 4 is 0 Å². The van der Waals surface area contributed by atoms with E-state index in [9.17, 15) is 0 Å². The Morgan fingerprint density at radius 2 is 2.17 bits per heavy atom. The van der Waals surface area contributed by atoms with Crippen LogP contribution in [0.4, 0.5) is 0 Å². The van der Waals surface area contributed by atoms with Gasteiger partial charge in [0, 0.05) is 13.2 Å². The van der Waals surface area contributed by atoms with Gasteiger partial charge >= 0.3 is 0 Å². The lowest BCUT2D eigenvalue weighted by Crippen LogP contribution is -2.15. The highest BCUT2D eigenvalue weighted by molar-refractivity contribution is 5.33. The summed E-state index contributed by atoms with van der Waals surface area (Å²) in [5.41, 5.74) is 1.58. The zero-order valence-electron chi connectivity index (χ0n) is 11.9. The predicted octanol–water partition coefficient (Wildman–Crippen LogP) is 4.45. The number of benzene rings is 1. The van der Waals surface area contributed by atoms with E-state index in [2.05, 4.69) is 32.0 Å². The summed E-state index contributed by atoms with van der Waals surface area (Å²) in [6.45, 7) is 6.48. The van der Waals surface area contributed by atoms with Crippen LogP contribution in [0, 0.1) is 16.4 Å². The molecule has 0 spiro atoms. The van der Waals surface area contributed by atoms with Crippen molar-refractivity contribution in [3.8, 4) is 0 Å². The molecule has 3 aliphatic rings. The molecule has 0 saturated carbocycles. The van der Waals surface area contributed by atoms with Crippen molar-refractivity contribution in [2.24, 2.45) is 5.92 Å². The monoisotopic (exact) mass is 246 g/mol. The third-order valence-electron chi connectivity index (χ3n) is 4.05. The summed E-state index contributed by atoms with van der Waals surface area (Å²) in [6.07, 6.45) is 7.90. The first kappa shape index (κ1) is 13.6. The number of hydrogen-bond acceptors (Lipinski definition) is 1. The van der Waals surface area contributed by atoms with Crippen LogP contribution in [0.5, 0.6) is 0 Å². The lowest BCUT2D eigenvalue weighted by molar-refractivity contribution is 0.0535. The van der Waals surface area contributed by atoms with Crippen molar-refractivity contribution < 1.29 is 4.74 Å². The van der Waals surface area contributed by atoms with Gasteiger partial charge in [-0.15, -0.1) is 0 Å². The first-order valence-corrected chi connectivity index (χ1v) is 7.56. The van der Waals surface area contributed by atoms with Crippen LogP contribution in [-0.2, 0) is 11.2 Å². The Balaban J connectivity index is 0.000000138. The Kier molecular flexibility index (Phi) is 5.25. The van der Waals surface area contributed by atoms with Gasteiger partial charge in [0.2, 0.25) is 0 Å². The summed E-state index contributed by atoms with van der Waals surface area (Å²) < 4.78 is 5.27. The second-order valence-corrected chi connectivity index (χ2v) is 5.47. The average molecular weight is 246 g/mol. The Morgan fingerprint density at radius 1 is 1.28 bits per heavy atom. The minimum Gasteiger partial charge on any atom is -0.381 e. The molecule has 0 aromatic rings. The first-order chi connectivity index (χ1) is 8.85. The van der Waals surface area contributed by atoms with Crippen LogP contribution in [-0.4, -0.2) is 13.2 Å². The minimum atomic E-state index is 0.865. The van der Waals surface area contributed by atoms with Gasteiger partial charge < -0.3 is 4.74 Å². The van der Waals surface area contributed by atoms with Crippen LogP contribution < -0.4 is 0 Å². The van der Waals surface area contributed by atoms with E-state index in [1.807, 2.05) is 0 Å². The molecule has 1 heterocycles. The molecule has 2 aliphatic carbocycles. The predicted molar refractivity (Wildman–Crippen MR) is 76.6 cm³/mol. The molecule has 1 atom stereocenters. The number of aryl methyl sites for hydroxylation is 1. The van der Waals surface area contributed by atoms with Gasteiger partial charge in [-0.05, 0) is 47.6 Å². The molecule has 1 unspecified atom stereocenters. The number of rotatable bonds is 4. The number of hydrogen-bond donors (Lipinski definition) is 0. The molecule has 1 nitrogen and oxygen atoms in total. The number of ether oxygens (including phenoxy) is 1. The van der Waals surface area contributed by atoms with E-state index in [0.717, 1.165) is 19.1 Å². The molecule has 100 valence electrons. The largest absolute Gasteiger partial charge is 0.381 e. The second-order valence-electron chi connectivity index (χ2n) is 5.47. The molecule has 1 saturated heterocycles. The molecule has 0 aromatic heterocycles. The van der Waals surface area contributed by atoms with E-state index in [1.165, 1.54) is 49.0 Å². The molecule has 0 N–H and O–H groups in total. The Labute approximate surface area is 111 Å². The van der Waals surface area contributed by atoms with Crippen molar-refractivity contribution in [3.05, 3.63) is 34.2 Å². The summed E-state index contributed by atoms with van der Waals surface area (Å²) in [4.78, 5) is 0. The quantitative estimate of drug-likeness (QED) is 0.774. The van der Waals surface area contributed by atoms with Crippen molar-refractivity contribution in [2.45, 2.75) is 52.4 Å². The van der Waals surface area contributed by atoms with E-state index < -0.39 is 0 Å². The normalized spacial score (nSPS) is 20.0. The third-order valence-corrected chi connectivity index (χ3v) is 4.05. The standard InChI is InChI=1S/C10H12.C7H14O/c1-2-3-4-8-7-9-5-6-10(8)9;1-2-7-4-3-5-8-6-7/h5-7H,2-4H2,1H3;7H,2-6H2,1H3. The van der Waals surface area contributed by atoms with E-state index in [0.29, 0.717) is 0 Å². The Hall–Kier alpha value is -0.820. The van der Waals surface area contributed by atoms with Crippen LogP contribution in [0.3, 0.4) is 0 Å².